The van der Waals surface area contributed by atoms with Crippen LogP contribution in [0.5, 0.6) is 0 Å². The Labute approximate surface area is 142 Å². The van der Waals surface area contributed by atoms with Crippen molar-refractivity contribution in [2.24, 2.45) is 0 Å². The summed E-state index contributed by atoms with van der Waals surface area (Å²) in [4.78, 5) is 8.72. The summed E-state index contributed by atoms with van der Waals surface area (Å²) in [6.07, 6.45) is 0. The van der Waals surface area contributed by atoms with Crippen molar-refractivity contribution in [2.75, 3.05) is 10.6 Å². The Balaban J connectivity index is 1.83. The van der Waals surface area contributed by atoms with Gasteiger partial charge in [0.1, 0.15) is 11.6 Å². The second-order valence-corrected chi connectivity index (χ2v) is 5.73. The summed E-state index contributed by atoms with van der Waals surface area (Å²) >= 11 is 11.9. The minimum atomic E-state index is 0.417. The topological polar surface area (TPSA) is 75.9 Å². The fraction of sp³-hybridized carbons (Fsp3) is 0.133. The van der Waals surface area contributed by atoms with E-state index in [1.54, 1.807) is 18.2 Å². The molecule has 0 saturated heterocycles. The van der Waals surface area contributed by atoms with E-state index in [1.165, 1.54) is 0 Å². The van der Waals surface area contributed by atoms with Gasteiger partial charge in [-0.1, -0.05) is 28.4 Å². The van der Waals surface area contributed by atoms with Gasteiger partial charge in [-0.3, -0.25) is 0 Å². The molecule has 0 radical (unpaired) electrons. The molecule has 23 heavy (non-hydrogen) atoms. The molecular formula is C15H13Cl2N5O. The lowest BCUT2D eigenvalue weighted by atomic mass is 10.3. The van der Waals surface area contributed by atoms with Gasteiger partial charge in [0.25, 0.3) is 0 Å². The Morgan fingerprint density at radius 3 is 2.43 bits per heavy atom. The number of nitrogens with zero attached hydrogens (tertiary/aromatic N) is 3. The first-order valence-electron chi connectivity index (χ1n) is 6.78. The maximum absolute atomic E-state index is 6.02. The first-order valence-corrected chi connectivity index (χ1v) is 7.53. The van der Waals surface area contributed by atoms with Crippen LogP contribution in [0.2, 0.25) is 10.0 Å². The van der Waals surface area contributed by atoms with Gasteiger partial charge in [-0.25, -0.2) is 4.98 Å². The molecule has 118 valence electrons. The lowest BCUT2D eigenvalue weighted by Gasteiger charge is -2.09. The molecule has 1 aromatic carbocycles. The van der Waals surface area contributed by atoms with Crippen molar-refractivity contribution in [1.29, 1.82) is 0 Å². The molecular weight excluding hydrogens is 337 g/mol. The molecule has 3 rings (SSSR count). The van der Waals surface area contributed by atoms with E-state index in [2.05, 4.69) is 25.8 Å². The molecule has 0 fully saturated rings. The van der Waals surface area contributed by atoms with Crippen LogP contribution in [0.15, 0.2) is 34.9 Å². The second-order valence-electron chi connectivity index (χ2n) is 4.92. The Morgan fingerprint density at radius 2 is 1.74 bits per heavy atom. The summed E-state index contributed by atoms with van der Waals surface area (Å²) in [5.74, 6) is 2.29. The van der Waals surface area contributed by atoms with Crippen LogP contribution >= 0.6 is 23.2 Å². The number of benzene rings is 1. The summed E-state index contributed by atoms with van der Waals surface area (Å²) in [6, 6.07) is 8.85. The van der Waals surface area contributed by atoms with E-state index in [4.69, 9.17) is 27.7 Å². The van der Waals surface area contributed by atoms with Crippen molar-refractivity contribution in [3.8, 4) is 0 Å². The zero-order chi connectivity index (χ0) is 16.4. The second kappa shape index (κ2) is 6.44. The van der Waals surface area contributed by atoms with Crippen LogP contribution in [0.3, 0.4) is 0 Å². The van der Waals surface area contributed by atoms with Crippen molar-refractivity contribution in [2.45, 2.75) is 13.8 Å². The van der Waals surface area contributed by atoms with Gasteiger partial charge < -0.3 is 15.2 Å². The third-order valence-electron chi connectivity index (χ3n) is 2.91. The highest BCUT2D eigenvalue weighted by Crippen LogP contribution is 2.27. The third-order valence-corrected chi connectivity index (χ3v) is 3.65. The van der Waals surface area contributed by atoms with Gasteiger partial charge in [-0.15, -0.1) is 0 Å². The molecule has 0 atom stereocenters. The Kier molecular flexibility index (Phi) is 4.36. The minimum absolute atomic E-state index is 0.417. The summed E-state index contributed by atoms with van der Waals surface area (Å²) in [5, 5.41) is 11.0. The molecule has 2 N–H and O–H groups in total. The van der Waals surface area contributed by atoms with Crippen LogP contribution in [0.1, 0.15) is 11.5 Å². The van der Waals surface area contributed by atoms with Crippen LogP contribution in [0, 0.1) is 13.8 Å². The van der Waals surface area contributed by atoms with Crippen LogP contribution in [-0.4, -0.2) is 15.1 Å². The number of halogens is 2. The van der Waals surface area contributed by atoms with Gasteiger partial charge in [0.05, 0.1) is 10.0 Å². The summed E-state index contributed by atoms with van der Waals surface area (Å²) in [5.41, 5.74) is 1.58. The lowest BCUT2D eigenvalue weighted by molar-refractivity contribution is 0.400. The number of anilines is 4. The van der Waals surface area contributed by atoms with Crippen LogP contribution in [-0.2, 0) is 0 Å². The Hall–Kier alpha value is -2.31. The summed E-state index contributed by atoms with van der Waals surface area (Å²) in [7, 11) is 0. The van der Waals surface area contributed by atoms with Crippen molar-refractivity contribution < 1.29 is 4.52 Å². The van der Waals surface area contributed by atoms with E-state index >= 15 is 0 Å². The van der Waals surface area contributed by atoms with Crippen molar-refractivity contribution in [1.82, 2.24) is 15.1 Å². The smallest absolute Gasteiger partial charge is 0.230 e. The molecule has 8 heteroatoms. The molecule has 0 aliphatic heterocycles. The van der Waals surface area contributed by atoms with Crippen molar-refractivity contribution in [3.05, 3.63) is 51.8 Å². The van der Waals surface area contributed by atoms with Gasteiger partial charge in [0.15, 0.2) is 5.82 Å². The van der Waals surface area contributed by atoms with E-state index in [0.29, 0.717) is 33.4 Å². The van der Waals surface area contributed by atoms with Gasteiger partial charge in [-0.2, -0.15) is 4.98 Å². The zero-order valence-corrected chi connectivity index (χ0v) is 13.9. The normalized spacial score (nSPS) is 10.6. The standard InChI is InChI=1S/C15H13Cl2N5O/c1-8-5-13(19-10-3-4-11(16)12(17)7-10)20-15(18-8)21-14-6-9(2)23-22-14/h3-7H,1-2H3,(H2,18,19,20,21,22). The van der Waals surface area contributed by atoms with Gasteiger partial charge >= 0.3 is 0 Å². The first kappa shape index (κ1) is 15.6. The maximum Gasteiger partial charge on any atom is 0.230 e. The highest BCUT2D eigenvalue weighted by Gasteiger charge is 2.07. The number of hydrogen-bond acceptors (Lipinski definition) is 6. The number of hydrogen-bond donors (Lipinski definition) is 2. The molecule has 0 aliphatic rings. The molecule has 0 aliphatic carbocycles. The van der Waals surface area contributed by atoms with E-state index in [9.17, 15) is 0 Å². The largest absolute Gasteiger partial charge is 0.360 e. The molecule has 0 saturated carbocycles. The zero-order valence-electron chi connectivity index (χ0n) is 12.4. The quantitative estimate of drug-likeness (QED) is 0.699. The van der Waals surface area contributed by atoms with Crippen LogP contribution in [0.25, 0.3) is 0 Å². The molecule has 6 nitrogen and oxygen atoms in total. The number of nitrogens with one attached hydrogen (secondary N) is 2. The average Bonchev–Trinajstić information content (AvgIpc) is 2.87. The highest BCUT2D eigenvalue weighted by molar-refractivity contribution is 6.42. The monoisotopic (exact) mass is 349 g/mol. The number of rotatable bonds is 4. The molecule has 0 spiro atoms. The summed E-state index contributed by atoms with van der Waals surface area (Å²) in [6.45, 7) is 3.69. The van der Waals surface area contributed by atoms with E-state index < -0.39 is 0 Å². The average molecular weight is 350 g/mol. The predicted molar refractivity (Wildman–Crippen MR) is 91.0 cm³/mol. The fourth-order valence-corrected chi connectivity index (χ4v) is 2.25. The van der Waals surface area contributed by atoms with E-state index in [1.807, 2.05) is 26.0 Å². The van der Waals surface area contributed by atoms with Crippen LogP contribution < -0.4 is 10.6 Å². The molecule has 2 aromatic heterocycles. The molecule has 0 unspecified atom stereocenters. The Morgan fingerprint density at radius 1 is 0.913 bits per heavy atom. The minimum Gasteiger partial charge on any atom is -0.360 e. The number of aryl methyl sites for hydroxylation is 2. The molecule has 0 bridgehead atoms. The van der Waals surface area contributed by atoms with Crippen LogP contribution in [0.4, 0.5) is 23.3 Å². The number of aromatic nitrogens is 3. The van der Waals surface area contributed by atoms with Crippen molar-refractivity contribution in [3.63, 3.8) is 0 Å². The Bertz CT molecular complexity index is 850. The molecule has 2 heterocycles. The third kappa shape index (κ3) is 3.91. The maximum atomic E-state index is 6.02. The highest BCUT2D eigenvalue weighted by atomic mass is 35.5. The van der Waals surface area contributed by atoms with Gasteiger partial charge in [-0.05, 0) is 32.0 Å². The SMILES string of the molecule is Cc1cc(Nc2ccc(Cl)c(Cl)c2)nc(Nc2cc(C)on2)n1. The van der Waals surface area contributed by atoms with Gasteiger partial charge in [0.2, 0.25) is 5.95 Å². The molecule has 3 aromatic rings. The van der Waals surface area contributed by atoms with Crippen molar-refractivity contribution >= 4 is 46.5 Å². The van der Waals surface area contributed by atoms with E-state index in [0.717, 1.165) is 11.4 Å². The fourth-order valence-electron chi connectivity index (χ4n) is 1.95. The summed E-state index contributed by atoms with van der Waals surface area (Å²) < 4.78 is 5.01. The molecule has 0 amide bonds. The predicted octanol–water partition coefficient (Wildman–Crippen LogP) is 4.88. The first-order chi connectivity index (χ1) is 11.0. The van der Waals surface area contributed by atoms with E-state index in [-0.39, 0.29) is 0 Å². The lowest BCUT2D eigenvalue weighted by Crippen LogP contribution is -2.02. The van der Waals surface area contributed by atoms with Gasteiger partial charge in [0, 0.05) is 23.5 Å².